The Morgan fingerprint density at radius 3 is 3.25 bits per heavy atom. The predicted octanol–water partition coefficient (Wildman–Crippen LogP) is 0.954. The normalized spacial score (nSPS) is 21.1. The van der Waals surface area contributed by atoms with Gasteiger partial charge in [0.1, 0.15) is 0 Å². The lowest BCUT2D eigenvalue weighted by molar-refractivity contribution is 0.00521. The minimum atomic E-state index is 0.0269. The van der Waals surface area contributed by atoms with Crippen LogP contribution in [0.5, 0.6) is 0 Å². The molecule has 2 rings (SSSR count). The molecular formula is C10H14BrN3O2. The molecule has 1 atom stereocenters. The molecule has 1 amide bonds. The quantitative estimate of drug-likeness (QED) is 0.824. The smallest absolute Gasteiger partial charge is 0.257 e. The number of nitrogens with zero attached hydrogens (tertiary/aromatic N) is 2. The summed E-state index contributed by atoms with van der Waals surface area (Å²) in [6, 6.07) is 0.107. The first-order valence-corrected chi connectivity index (χ1v) is 6.31. The van der Waals surface area contributed by atoms with E-state index in [0.717, 1.165) is 11.0 Å². The van der Waals surface area contributed by atoms with Crippen LogP contribution in [0.3, 0.4) is 0 Å². The van der Waals surface area contributed by atoms with E-state index in [2.05, 4.69) is 26.1 Å². The minimum Gasteiger partial charge on any atom is -0.377 e. The number of morpholine rings is 1. The lowest BCUT2D eigenvalue weighted by atomic mass is 10.2. The minimum absolute atomic E-state index is 0.0269. The second kappa shape index (κ2) is 4.97. The zero-order valence-corrected chi connectivity index (χ0v) is 10.7. The van der Waals surface area contributed by atoms with Gasteiger partial charge in [0.25, 0.3) is 5.91 Å². The third-order valence-electron chi connectivity index (χ3n) is 2.73. The van der Waals surface area contributed by atoms with Crippen LogP contribution in [0.2, 0.25) is 0 Å². The maximum atomic E-state index is 12.2. The van der Waals surface area contributed by atoms with E-state index in [-0.39, 0.29) is 11.9 Å². The molecule has 1 saturated heterocycles. The first-order chi connectivity index (χ1) is 7.74. The van der Waals surface area contributed by atoms with E-state index in [1.807, 2.05) is 11.8 Å². The Hall–Kier alpha value is -0.880. The molecular weight excluding hydrogens is 274 g/mol. The van der Waals surface area contributed by atoms with Crippen molar-refractivity contribution in [3.05, 3.63) is 17.5 Å². The highest BCUT2D eigenvalue weighted by molar-refractivity contribution is 9.09. The zero-order valence-electron chi connectivity index (χ0n) is 9.07. The van der Waals surface area contributed by atoms with Crippen LogP contribution >= 0.6 is 15.9 Å². The molecule has 1 unspecified atom stereocenters. The number of amides is 1. The Bertz CT molecular complexity index is 380. The summed E-state index contributed by atoms with van der Waals surface area (Å²) in [6.45, 7) is 3.68. The zero-order chi connectivity index (χ0) is 11.5. The van der Waals surface area contributed by atoms with Crippen LogP contribution in [-0.2, 0) is 4.74 Å². The van der Waals surface area contributed by atoms with Gasteiger partial charge in [-0.15, -0.1) is 0 Å². The number of aryl methyl sites for hydroxylation is 1. The van der Waals surface area contributed by atoms with E-state index < -0.39 is 0 Å². The van der Waals surface area contributed by atoms with E-state index in [1.165, 1.54) is 0 Å². The Morgan fingerprint density at radius 2 is 2.62 bits per heavy atom. The maximum Gasteiger partial charge on any atom is 0.257 e. The number of hydrogen-bond acceptors (Lipinski definition) is 3. The van der Waals surface area contributed by atoms with Crippen LogP contribution in [0, 0.1) is 6.92 Å². The van der Waals surface area contributed by atoms with Crippen molar-refractivity contribution < 1.29 is 9.53 Å². The van der Waals surface area contributed by atoms with Gasteiger partial charge < -0.3 is 9.64 Å². The molecule has 1 aliphatic rings. The Labute approximate surface area is 102 Å². The van der Waals surface area contributed by atoms with Crippen molar-refractivity contribution in [2.24, 2.45) is 0 Å². The van der Waals surface area contributed by atoms with Gasteiger partial charge in [0.05, 0.1) is 31.0 Å². The Balaban J connectivity index is 2.17. The number of nitrogens with one attached hydrogen (secondary N) is 1. The van der Waals surface area contributed by atoms with Crippen molar-refractivity contribution in [2.75, 3.05) is 25.1 Å². The van der Waals surface area contributed by atoms with Gasteiger partial charge in [-0.25, -0.2) is 0 Å². The van der Waals surface area contributed by atoms with Gasteiger partial charge in [0, 0.05) is 17.6 Å². The molecule has 2 heterocycles. The average Bonchev–Trinajstić information content (AvgIpc) is 2.74. The van der Waals surface area contributed by atoms with Crippen LogP contribution in [0.1, 0.15) is 16.1 Å². The molecule has 0 aromatic carbocycles. The SMILES string of the molecule is Cc1[nH]ncc1C(=O)N1CCOCC1CBr. The van der Waals surface area contributed by atoms with Gasteiger partial charge in [-0.3, -0.25) is 9.89 Å². The summed E-state index contributed by atoms with van der Waals surface area (Å²) in [6.07, 6.45) is 1.58. The molecule has 16 heavy (non-hydrogen) atoms. The fourth-order valence-electron chi connectivity index (χ4n) is 1.77. The van der Waals surface area contributed by atoms with E-state index in [0.29, 0.717) is 25.3 Å². The summed E-state index contributed by atoms with van der Waals surface area (Å²) in [4.78, 5) is 14.1. The second-order valence-corrected chi connectivity index (χ2v) is 4.44. The lowest BCUT2D eigenvalue weighted by Crippen LogP contribution is -2.49. The van der Waals surface area contributed by atoms with Crippen LogP contribution in [0.15, 0.2) is 6.20 Å². The molecule has 1 aromatic heterocycles. The van der Waals surface area contributed by atoms with E-state index in [4.69, 9.17) is 4.74 Å². The highest BCUT2D eigenvalue weighted by Gasteiger charge is 2.28. The van der Waals surface area contributed by atoms with Crippen LogP contribution < -0.4 is 0 Å². The first kappa shape index (κ1) is 11.6. The topological polar surface area (TPSA) is 58.2 Å². The largest absolute Gasteiger partial charge is 0.377 e. The number of carbonyl (C=O) groups is 1. The Morgan fingerprint density at radius 1 is 1.81 bits per heavy atom. The van der Waals surface area contributed by atoms with Crippen molar-refractivity contribution in [1.82, 2.24) is 15.1 Å². The molecule has 0 aliphatic carbocycles. The van der Waals surface area contributed by atoms with Crippen molar-refractivity contribution in [1.29, 1.82) is 0 Å². The fourth-order valence-corrected chi connectivity index (χ4v) is 2.31. The number of hydrogen-bond donors (Lipinski definition) is 1. The number of halogens is 1. The summed E-state index contributed by atoms with van der Waals surface area (Å²) in [5.74, 6) is 0.0269. The summed E-state index contributed by atoms with van der Waals surface area (Å²) < 4.78 is 5.35. The van der Waals surface area contributed by atoms with Gasteiger partial charge in [-0.1, -0.05) is 15.9 Å². The van der Waals surface area contributed by atoms with Crippen molar-refractivity contribution in [2.45, 2.75) is 13.0 Å². The molecule has 0 spiro atoms. The number of aromatic nitrogens is 2. The Kier molecular flexibility index (Phi) is 3.60. The molecule has 5 nitrogen and oxygen atoms in total. The van der Waals surface area contributed by atoms with Crippen LogP contribution in [0.4, 0.5) is 0 Å². The number of rotatable bonds is 2. The van der Waals surface area contributed by atoms with Gasteiger partial charge >= 0.3 is 0 Å². The molecule has 0 bridgehead atoms. The number of ether oxygens (including phenoxy) is 1. The number of H-pyrrole nitrogens is 1. The maximum absolute atomic E-state index is 12.2. The highest BCUT2D eigenvalue weighted by atomic mass is 79.9. The van der Waals surface area contributed by atoms with E-state index in [9.17, 15) is 4.79 Å². The van der Waals surface area contributed by atoms with Crippen molar-refractivity contribution >= 4 is 21.8 Å². The molecule has 1 aliphatic heterocycles. The summed E-state index contributed by atoms with van der Waals surface area (Å²) >= 11 is 3.40. The number of alkyl halides is 1. The number of carbonyl (C=O) groups excluding carboxylic acids is 1. The molecule has 0 radical (unpaired) electrons. The predicted molar refractivity (Wildman–Crippen MR) is 62.8 cm³/mol. The molecule has 1 fully saturated rings. The van der Waals surface area contributed by atoms with Gasteiger partial charge in [-0.05, 0) is 6.92 Å². The summed E-state index contributed by atoms with van der Waals surface area (Å²) in [7, 11) is 0. The summed E-state index contributed by atoms with van der Waals surface area (Å²) in [5, 5.41) is 7.39. The van der Waals surface area contributed by atoms with Crippen LogP contribution in [-0.4, -0.2) is 52.1 Å². The molecule has 6 heteroatoms. The first-order valence-electron chi connectivity index (χ1n) is 5.18. The van der Waals surface area contributed by atoms with Gasteiger partial charge in [0.2, 0.25) is 0 Å². The molecule has 0 saturated carbocycles. The fraction of sp³-hybridized carbons (Fsp3) is 0.600. The third kappa shape index (κ3) is 2.12. The van der Waals surface area contributed by atoms with Gasteiger partial charge in [0.15, 0.2) is 0 Å². The highest BCUT2D eigenvalue weighted by Crippen LogP contribution is 2.15. The molecule has 1 aromatic rings. The van der Waals surface area contributed by atoms with E-state index in [1.54, 1.807) is 6.20 Å². The second-order valence-electron chi connectivity index (χ2n) is 3.79. The molecule has 88 valence electrons. The van der Waals surface area contributed by atoms with Crippen LogP contribution in [0.25, 0.3) is 0 Å². The van der Waals surface area contributed by atoms with Gasteiger partial charge in [-0.2, -0.15) is 5.10 Å². The number of aromatic amines is 1. The van der Waals surface area contributed by atoms with Crippen molar-refractivity contribution in [3.8, 4) is 0 Å². The van der Waals surface area contributed by atoms with Crippen molar-refractivity contribution in [3.63, 3.8) is 0 Å². The molecule has 1 N–H and O–H groups in total. The monoisotopic (exact) mass is 287 g/mol. The summed E-state index contributed by atoms with van der Waals surface area (Å²) in [5.41, 5.74) is 1.46. The standard InChI is InChI=1S/C10H14BrN3O2/c1-7-9(5-12-13-7)10(15)14-2-3-16-6-8(14)4-11/h5,8H,2-4,6H2,1H3,(H,12,13). The van der Waals surface area contributed by atoms with E-state index >= 15 is 0 Å². The third-order valence-corrected chi connectivity index (χ3v) is 3.47. The lowest BCUT2D eigenvalue weighted by Gasteiger charge is -2.34. The average molecular weight is 288 g/mol.